The Labute approximate surface area is 102 Å². The number of nitrogens with zero attached hydrogens (tertiary/aromatic N) is 1. The van der Waals surface area contributed by atoms with Crippen LogP contribution in [0.1, 0.15) is 33.6 Å². The minimum Gasteiger partial charge on any atom is -0.386 e. The molecule has 4 heteroatoms. The smallest absolute Gasteiger partial charge is 0.238 e. The molecule has 2 aliphatic rings. The van der Waals surface area contributed by atoms with E-state index in [9.17, 15) is 9.90 Å². The van der Waals surface area contributed by atoms with Crippen LogP contribution in [0.3, 0.4) is 0 Å². The summed E-state index contributed by atoms with van der Waals surface area (Å²) in [5.41, 5.74) is -0.644. The number of carbonyl (C=O) groups is 1. The van der Waals surface area contributed by atoms with Crippen molar-refractivity contribution in [3.63, 3.8) is 0 Å². The van der Waals surface area contributed by atoms with Gasteiger partial charge in [0, 0.05) is 0 Å². The van der Waals surface area contributed by atoms with Gasteiger partial charge in [0.15, 0.2) is 0 Å². The van der Waals surface area contributed by atoms with Gasteiger partial charge in [0.05, 0.1) is 17.8 Å². The summed E-state index contributed by atoms with van der Waals surface area (Å²) in [6, 6.07) is 0. The predicted molar refractivity (Wildman–Crippen MR) is 66.5 cm³/mol. The Kier molecular flexibility index (Phi) is 2.99. The summed E-state index contributed by atoms with van der Waals surface area (Å²) < 4.78 is -0.224. The van der Waals surface area contributed by atoms with Crippen molar-refractivity contribution in [3.8, 4) is 0 Å². The van der Waals surface area contributed by atoms with Crippen molar-refractivity contribution >= 4 is 17.7 Å². The van der Waals surface area contributed by atoms with Crippen molar-refractivity contribution < 1.29 is 9.90 Å². The zero-order chi connectivity index (χ0) is 12.0. The number of amides is 1. The first-order valence-corrected chi connectivity index (χ1v) is 7.02. The first-order valence-electron chi connectivity index (χ1n) is 6.03. The Morgan fingerprint density at radius 3 is 2.50 bits per heavy atom. The maximum atomic E-state index is 12.3. The second-order valence-corrected chi connectivity index (χ2v) is 7.20. The molecule has 1 N–H and O–H groups in total. The molecule has 0 aromatic rings. The number of β-amino-alcohol motifs (C(OH)–C–C–N with tert-alkyl or cyclic N) is 1. The van der Waals surface area contributed by atoms with Gasteiger partial charge in [0.2, 0.25) is 5.91 Å². The van der Waals surface area contributed by atoms with Crippen LogP contribution in [0.25, 0.3) is 0 Å². The lowest BCUT2D eigenvalue weighted by atomic mass is 9.82. The predicted octanol–water partition coefficient (Wildman–Crippen LogP) is 1.50. The molecule has 2 saturated heterocycles. The molecular weight excluding hydrogens is 222 g/mol. The van der Waals surface area contributed by atoms with Crippen molar-refractivity contribution in [2.75, 3.05) is 18.8 Å². The molecule has 2 aliphatic heterocycles. The second kappa shape index (κ2) is 3.91. The molecule has 1 unspecified atom stereocenters. The summed E-state index contributed by atoms with van der Waals surface area (Å²) in [6.45, 7) is 7.08. The number of aliphatic hydroxyl groups is 1. The molecular formula is C12H21NO2S. The van der Waals surface area contributed by atoms with Crippen molar-refractivity contribution in [3.05, 3.63) is 0 Å². The van der Waals surface area contributed by atoms with Crippen molar-refractivity contribution in [1.82, 2.24) is 4.90 Å². The highest BCUT2D eigenvalue weighted by atomic mass is 32.2. The molecule has 1 atom stereocenters. The molecule has 2 fully saturated rings. The number of thioether (sulfide) groups is 1. The largest absolute Gasteiger partial charge is 0.386 e. The summed E-state index contributed by atoms with van der Waals surface area (Å²) >= 11 is 1.77. The van der Waals surface area contributed by atoms with E-state index in [4.69, 9.17) is 0 Å². The van der Waals surface area contributed by atoms with Crippen molar-refractivity contribution in [2.24, 2.45) is 5.92 Å². The SMILES string of the molecule is CC(C)C1(O)CN(C(=O)C2(C)CCCS2)C1. The van der Waals surface area contributed by atoms with Gasteiger partial charge < -0.3 is 10.0 Å². The van der Waals surface area contributed by atoms with Gasteiger partial charge in [-0.05, 0) is 31.4 Å². The summed E-state index contributed by atoms with van der Waals surface area (Å²) in [7, 11) is 0. The maximum Gasteiger partial charge on any atom is 0.238 e. The van der Waals surface area contributed by atoms with Crippen molar-refractivity contribution in [1.29, 1.82) is 0 Å². The van der Waals surface area contributed by atoms with Crippen LogP contribution in [0.15, 0.2) is 0 Å². The fourth-order valence-corrected chi connectivity index (χ4v) is 3.69. The topological polar surface area (TPSA) is 40.5 Å². The lowest BCUT2D eigenvalue weighted by Crippen LogP contribution is -2.68. The number of rotatable bonds is 2. The third-order valence-corrected chi connectivity index (χ3v) is 5.47. The third kappa shape index (κ3) is 1.86. The minimum atomic E-state index is -0.644. The van der Waals surface area contributed by atoms with Crippen LogP contribution in [0, 0.1) is 5.92 Å². The Balaban J connectivity index is 1.95. The van der Waals surface area contributed by atoms with Crippen LogP contribution in [0.5, 0.6) is 0 Å². The van der Waals surface area contributed by atoms with E-state index in [-0.39, 0.29) is 16.6 Å². The quantitative estimate of drug-likeness (QED) is 0.799. The summed E-state index contributed by atoms with van der Waals surface area (Å²) in [4.78, 5) is 14.1. The number of hydrogen-bond acceptors (Lipinski definition) is 3. The van der Waals surface area contributed by atoms with Gasteiger partial charge in [0.1, 0.15) is 5.60 Å². The van der Waals surface area contributed by atoms with E-state index in [1.165, 1.54) is 0 Å². The van der Waals surface area contributed by atoms with Gasteiger partial charge in [-0.15, -0.1) is 11.8 Å². The van der Waals surface area contributed by atoms with Crippen molar-refractivity contribution in [2.45, 2.75) is 44.0 Å². The molecule has 0 bridgehead atoms. The molecule has 3 nitrogen and oxygen atoms in total. The Hall–Kier alpha value is -0.220. The Bertz CT molecular complexity index is 291. The highest BCUT2D eigenvalue weighted by Gasteiger charge is 2.50. The second-order valence-electron chi connectivity index (χ2n) is 5.60. The van der Waals surface area contributed by atoms with E-state index < -0.39 is 5.60 Å². The average molecular weight is 243 g/mol. The number of hydrogen-bond donors (Lipinski definition) is 1. The highest BCUT2D eigenvalue weighted by Crippen LogP contribution is 2.41. The van der Waals surface area contributed by atoms with Gasteiger partial charge in [-0.3, -0.25) is 4.79 Å². The minimum absolute atomic E-state index is 0.223. The zero-order valence-corrected chi connectivity index (χ0v) is 11.1. The molecule has 0 radical (unpaired) electrons. The van der Waals surface area contributed by atoms with E-state index in [1.54, 1.807) is 11.8 Å². The lowest BCUT2D eigenvalue weighted by molar-refractivity contribution is -0.165. The Morgan fingerprint density at radius 2 is 2.06 bits per heavy atom. The third-order valence-electron chi connectivity index (χ3n) is 3.96. The molecule has 0 saturated carbocycles. The fraction of sp³-hybridized carbons (Fsp3) is 0.917. The lowest BCUT2D eigenvalue weighted by Gasteiger charge is -2.50. The molecule has 0 aromatic carbocycles. The van der Waals surface area contributed by atoms with Crippen LogP contribution < -0.4 is 0 Å². The molecule has 16 heavy (non-hydrogen) atoms. The zero-order valence-electron chi connectivity index (χ0n) is 10.3. The van der Waals surface area contributed by atoms with Gasteiger partial charge in [0.25, 0.3) is 0 Å². The first kappa shape index (κ1) is 12.2. The normalized spacial score (nSPS) is 32.9. The van der Waals surface area contributed by atoms with Crippen LogP contribution >= 0.6 is 11.8 Å². The van der Waals surface area contributed by atoms with Crippen LogP contribution in [-0.4, -0.2) is 45.1 Å². The first-order chi connectivity index (χ1) is 7.37. The maximum absolute atomic E-state index is 12.3. The van der Waals surface area contributed by atoms with Crippen LogP contribution in [0.4, 0.5) is 0 Å². The summed E-state index contributed by atoms with van der Waals surface area (Å²) in [6.07, 6.45) is 2.11. The van der Waals surface area contributed by atoms with Crippen LogP contribution in [-0.2, 0) is 4.79 Å². The van der Waals surface area contributed by atoms with E-state index in [1.807, 2.05) is 25.7 Å². The monoisotopic (exact) mass is 243 g/mol. The van der Waals surface area contributed by atoms with Gasteiger partial charge in [-0.2, -0.15) is 0 Å². The Morgan fingerprint density at radius 1 is 1.44 bits per heavy atom. The molecule has 0 aromatic heterocycles. The standard InChI is InChI=1S/C12H21NO2S/c1-9(2)12(15)7-13(8-12)10(14)11(3)5-4-6-16-11/h9,15H,4-8H2,1-3H3. The molecule has 2 heterocycles. The molecule has 2 rings (SSSR count). The summed E-state index contributed by atoms with van der Waals surface area (Å²) in [5, 5.41) is 10.1. The van der Waals surface area contributed by atoms with Gasteiger partial charge >= 0.3 is 0 Å². The molecule has 0 spiro atoms. The summed E-state index contributed by atoms with van der Waals surface area (Å²) in [5.74, 6) is 1.53. The number of likely N-dealkylation sites (tertiary alicyclic amines) is 1. The highest BCUT2D eigenvalue weighted by molar-refractivity contribution is 8.01. The fourth-order valence-electron chi connectivity index (χ4n) is 2.41. The van der Waals surface area contributed by atoms with Crippen LogP contribution in [0.2, 0.25) is 0 Å². The van der Waals surface area contributed by atoms with Gasteiger partial charge in [-0.25, -0.2) is 0 Å². The molecule has 92 valence electrons. The average Bonchev–Trinajstić information content (AvgIpc) is 2.60. The van der Waals surface area contributed by atoms with Gasteiger partial charge in [-0.1, -0.05) is 13.8 Å². The molecule has 1 amide bonds. The van der Waals surface area contributed by atoms with E-state index in [2.05, 4.69) is 0 Å². The van der Waals surface area contributed by atoms with E-state index in [0.29, 0.717) is 13.1 Å². The molecule has 0 aliphatic carbocycles. The van der Waals surface area contributed by atoms with E-state index >= 15 is 0 Å². The van der Waals surface area contributed by atoms with E-state index in [0.717, 1.165) is 18.6 Å². The number of carbonyl (C=O) groups excluding carboxylic acids is 1.